The molecule has 2 rings (SSSR count). The number of aromatic nitrogens is 1. The van der Waals surface area contributed by atoms with Crippen molar-refractivity contribution in [1.29, 1.82) is 0 Å². The topological polar surface area (TPSA) is 53.4 Å². The average Bonchev–Trinajstić information content (AvgIpc) is 2.47. The summed E-state index contributed by atoms with van der Waals surface area (Å²) >= 11 is 0. The summed E-state index contributed by atoms with van der Waals surface area (Å²) in [5.41, 5.74) is 1.24. The zero-order valence-corrected chi connectivity index (χ0v) is 12.3. The molecule has 4 nitrogen and oxygen atoms in total. The lowest BCUT2D eigenvalue weighted by atomic mass is 9.84. The standard InChI is InChI=1S/C16H24N2O2/c1-12(9-16(19)20)15-6-4-8-18(11-15)13(2)14-5-3-7-17-10-14/h3,5,7,10,12-13,15H,4,6,8-9,11H2,1-2H3,(H,19,20). The van der Waals surface area contributed by atoms with Gasteiger partial charge in [-0.1, -0.05) is 13.0 Å². The molecule has 2 heterocycles. The highest BCUT2D eigenvalue weighted by atomic mass is 16.4. The lowest BCUT2D eigenvalue weighted by Crippen LogP contribution is -2.39. The fourth-order valence-electron chi connectivity index (χ4n) is 3.13. The first-order valence-corrected chi connectivity index (χ1v) is 7.43. The van der Waals surface area contributed by atoms with E-state index in [1.54, 1.807) is 6.20 Å². The van der Waals surface area contributed by atoms with E-state index in [-0.39, 0.29) is 12.3 Å². The predicted molar refractivity (Wildman–Crippen MR) is 78.4 cm³/mol. The Bertz CT molecular complexity index is 435. The summed E-state index contributed by atoms with van der Waals surface area (Å²) in [5, 5.41) is 8.95. The van der Waals surface area contributed by atoms with E-state index in [0.717, 1.165) is 25.9 Å². The fraction of sp³-hybridized carbons (Fsp3) is 0.625. The van der Waals surface area contributed by atoms with Crippen molar-refractivity contribution >= 4 is 5.97 Å². The minimum Gasteiger partial charge on any atom is -0.481 e. The van der Waals surface area contributed by atoms with Gasteiger partial charge < -0.3 is 5.11 Å². The molecule has 1 aliphatic heterocycles. The molecular formula is C16H24N2O2. The first-order chi connectivity index (χ1) is 9.58. The molecule has 110 valence electrons. The lowest BCUT2D eigenvalue weighted by molar-refractivity contribution is -0.138. The first kappa shape index (κ1) is 15.0. The molecule has 1 saturated heterocycles. The molecule has 1 fully saturated rings. The van der Waals surface area contributed by atoms with E-state index in [1.165, 1.54) is 5.56 Å². The van der Waals surface area contributed by atoms with Crippen molar-refractivity contribution in [3.63, 3.8) is 0 Å². The van der Waals surface area contributed by atoms with Crippen molar-refractivity contribution in [2.24, 2.45) is 11.8 Å². The molecule has 3 atom stereocenters. The van der Waals surface area contributed by atoms with Crippen molar-refractivity contribution in [3.8, 4) is 0 Å². The minimum absolute atomic E-state index is 0.247. The smallest absolute Gasteiger partial charge is 0.303 e. The van der Waals surface area contributed by atoms with Gasteiger partial charge in [0.05, 0.1) is 0 Å². The zero-order chi connectivity index (χ0) is 14.5. The Kier molecular flexibility index (Phi) is 5.12. The summed E-state index contributed by atoms with van der Waals surface area (Å²) in [4.78, 5) is 17.5. The Morgan fingerprint density at radius 1 is 1.55 bits per heavy atom. The Hall–Kier alpha value is -1.42. The van der Waals surface area contributed by atoms with Crippen molar-refractivity contribution in [3.05, 3.63) is 30.1 Å². The quantitative estimate of drug-likeness (QED) is 0.898. The van der Waals surface area contributed by atoms with E-state index in [1.807, 2.05) is 12.3 Å². The molecule has 1 aromatic rings. The summed E-state index contributed by atoms with van der Waals surface area (Å²) in [6.45, 7) is 6.36. The average molecular weight is 276 g/mol. The Labute approximate surface area is 120 Å². The number of carbonyl (C=O) groups is 1. The molecule has 1 N–H and O–H groups in total. The van der Waals surface area contributed by atoms with E-state index in [0.29, 0.717) is 12.0 Å². The van der Waals surface area contributed by atoms with Gasteiger partial charge in [0.15, 0.2) is 0 Å². The molecule has 0 saturated carbocycles. The number of hydrogen-bond acceptors (Lipinski definition) is 3. The van der Waals surface area contributed by atoms with Crippen LogP contribution in [-0.2, 0) is 4.79 Å². The maximum Gasteiger partial charge on any atom is 0.303 e. The molecule has 0 aromatic carbocycles. The second kappa shape index (κ2) is 6.84. The highest BCUT2D eigenvalue weighted by molar-refractivity contribution is 5.67. The maximum atomic E-state index is 10.9. The number of hydrogen-bond donors (Lipinski definition) is 1. The molecule has 0 radical (unpaired) electrons. The molecule has 1 aromatic heterocycles. The molecule has 1 aliphatic rings. The van der Waals surface area contributed by atoms with Crippen LogP contribution >= 0.6 is 0 Å². The molecule has 4 heteroatoms. The SMILES string of the molecule is CC(CC(=O)O)C1CCCN(C(C)c2cccnc2)C1. The normalized spacial score (nSPS) is 23.2. The number of nitrogens with zero attached hydrogens (tertiary/aromatic N) is 2. The van der Waals surface area contributed by atoms with Crippen molar-refractivity contribution in [2.75, 3.05) is 13.1 Å². The number of carboxylic acids is 1. The number of pyridine rings is 1. The maximum absolute atomic E-state index is 10.9. The Morgan fingerprint density at radius 3 is 3.00 bits per heavy atom. The van der Waals surface area contributed by atoms with Gasteiger partial charge in [0.1, 0.15) is 0 Å². The second-order valence-electron chi connectivity index (χ2n) is 5.93. The van der Waals surface area contributed by atoms with Gasteiger partial charge in [-0.25, -0.2) is 0 Å². The summed E-state index contributed by atoms with van der Waals surface area (Å²) in [6, 6.07) is 4.44. The van der Waals surface area contributed by atoms with Crippen LogP contribution in [0.1, 0.15) is 44.7 Å². The summed E-state index contributed by atoms with van der Waals surface area (Å²) < 4.78 is 0. The van der Waals surface area contributed by atoms with Crippen LogP contribution in [0.3, 0.4) is 0 Å². The third-order valence-electron chi connectivity index (χ3n) is 4.51. The number of likely N-dealkylation sites (tertiary alicyclic amines) is 1. The lowest BCUT2D eigenvalue weighted by Gasteiger charge is -2.39. The number of carboxylic acid groups (broad SMARTS) is 1. The highest BCUT2D eigenvalue weighted by Crippen LogP contribution is 2.30. The molecule has 20 heavy (non-hydrogen) atoms. The molecule has 0 bridgehead atoms. The van der Waals surface area contributed by atoms with Gasteiger partial charge >= 0.3 is 5.97 Å². The minimum atomic E-state index is -0.685. The van der Waals surface area contributed by atoms with Crippen LogP contribution in [0.15, 0.2) is 24.5 Å². The van der Waals surface area contributed by atoms with E-state index in [2.05, 4.69) is 29.8 Å². The monoisotopic (exact) mass is 276 g/mol. The van der Waals surface area contributed by atoms with Gasteiger partial charge in [0.25, 0.3) is 0 Å². The largest absolute Gasteiger partial charge is 0.481 e. The molecular weight excluding hydrogens is 252 g/mol. The third-order valence-corrected chi connectivity index (χ3v) is 4.51. The Balaban J connectivity index is 1.98. The summed E-state index contributed by atoms with van der Waals surface area (Å²) in [7, 11) is 0. The van der Waals surface area contributed by atoms with Crippen LogP contribution in [0.25, 0.3) is 0 Å². The fourth-order valence-corrected chi connectivity index (χ4v) is 3.13. The Morgan fingerprint density at radius 2 is 2.35 bits per heavy atom. The first-order valence-electron chi connectivity index (χ1n) is 7.43. The number of piperidine rings is 1. The molecule has 0 aliphatic carbocycles. The summed E-state index contributed by atoms with van der Waals surface area (Å²) in [5.74, 6) is 0.0466. The van der Waals surface area contributed by atoms with E-state index in [9.17, 15) is 4.79 Å². The van der Waals surface area contributed by atoms with Crippen LogP contribution in [-0.4, -0.2) is 34.0 Å². The van der Waals surface area contributed by atoms with Gasteiger partial charge in [-0.2, -0.15) is 0 Å². The van der Waals surface area contributed by atoms with E-state index in [4.69, 9.17) is 5.11 Å². The van der Waals surface area contributed by atoms with Gasteiger partial charge in [-0.15, -0.1) is 0 Å². The van der Waals surface area contributed by atoms with Crippen LogP contribution < -0.4 is 0 Å². The van der Waals surface area contributed by atoms with Crippen molar-refractivity contribution in [1.82, 2.24) is 9.88 Å². The van der Waals surface area contributed by atoms with Crippen molar-refractivity contribution in [2.45, 2.75) is 39.2 Å². The van der Waals surface area contributed by atoms with E-state index >= 15 is 0 Å². The van der Waals surface area contributed by atoms with Crippen LogP contribution in [0.5, 0.6) is 0 Å². The van der Waals surface area contributed by atoms with Gasteiger partial charge in [-0.05, 0) is 49.8 Å². The van der Waals surface area contributed by atoms with Gasteiger partial charge in [-0.3, -0.25) is 14.7 Å². The molecule has 0 amide bonds. The van der Waals surface area contributed by atoms with Gasteiger partial charge in [0, 0.05) is 31.4 Å². The van der Waals surface area contributed by atoms with Gasteiger partial charge in [0.2, 0.25) is 0 Å². The number of rotatable bonds is 5. The third kappa shape index (κ3) is 3.79. The predicted octanol–water partition coefficient (Wildman–Crippen LogP) is 2.97. The molecule has 3 unspecified atom stereocenters. The zero-order valence-electron chi connectivity index (χ0n) is 12.3. The van der Waals surface area contributed by atoms with Crippen LogP contribution in [0, 0.1) is 11.8 Å². The molecule has 0 spiro atoms. The van der Waals surface area contributed by atoms with E-state index < -0.39 is 5.97 Å². The van der Waals surface area contributed by atoms with Crippen LogP contribution in [0.4, 0.5) is 0 Å². The summed E-state index contributed by atoms with van der Waals surface area (Å²) in [6.07, 6.45) is 6.29. The van der Waals surface area contributed by atoms with Crippen molar-refractivity contribution < 1.29 is 9.90 Å². The second-order valence-corrected chi connectivity index (χ2v) is 5.93. The highest BCUT2D eigenvalue weighted by Gasteiger charge is 2.28. The number of aliphatic carboxylic acids is 1. The van der Waals surface area contributed by atoms with Crippen LogP contribution in [0.2, 0.25) is 0 Å².